The van der Waals surface area contributed by atoms with E-state index in [1.807, 2.05) is 0 Å². The van der Waals surface area contributed by atoms with Crippen LogP contribution in [0.15, 0.2) is 24.3 Å². The number of carbonyl (C=O) groups excluding carboxylic acids is 1. The molecule has 0 saturated heterocycles. The SMILES string of the molecule is CN(CCC(F)(F)F)C(=O)c1ccc(F)cc1. The lowest BCUT2D eigenvalue weighted by Gasteiger charge is -2.18. The first-order chi connectivity index (χ1) is 7.79. The Morgan fingerprint density at radius 2 is 1.76 bits per heavy atom. The van der Waals surface area contributed by atoms with Crippen LogP contribution >= 0.6 is 0 Å². The molecule has 0 unspecified atom stereocenters. The minimum Gasteiger partial charge on any atom is -0.341 e. The summed E-state index contributed by atoms with van der Waals surface area (Å²) in [6.07, 6.45) is -5.35. The summed E-state index contributed by atoms with van der Waals surface area (Å²) in [5.74, 6) is -1.06. The van der Waals surface area contributed by atoms with E-state index in [1.54, 1.807) is 0 Å². The zero-order valence-corrected chi connectivity index (χ0v) is 9.09. The molecule has 0 atom stereocenters. The molecule has 0 aliphatic rings. The largest absolute Gasteiger partial charge is 0.390 e. The van der Waals surface area contributed by atoms with Crippen LogP contribution in [0.2, 0.25) is 0 Å². The van der Waals surface area contributed by atoms with E-state index in [1.165, 1.54) is 19.2 Å². The summed E-state index contributed by atoms with van der Waals surface area (Å²) in [6.45, 7) is -0.417. The number of hydrogen-bond acceptors (Lipinski definition) is 1. The molecule has 1 aromatic carbocycles. The van der Waals surface area contributed by atoms with E-state index in [4.69, 9.17) is 0 Å². The van der Waals surface area contributed by atoms with Crippen molar-refractivity contribution in [1.29, 1.82) is 0 Å². The number of carbonyl (C=O) groups is 1. The zero-order valence-electron chi connectivity index (χ0n) is 9.09. The second-order valence-corrected chi connectivity index (χ2v) is 3.60. The van der Waals surface area contributed by atoms with E-state index in [2.05, 4.69) is 0 Å². The highest BCUT2D eigenvalue weighted by Gasteiger charge is 2.28. The van der Waals surface area contributed by atoms with Crippen LogP contribution in [0.5, 0.6) is 0 Å². The van der Waals surface area contributed by atoms with Crippen LogP contribution in [-0.4, -0.2) is 30.6 Å². The van der Waals surface area contributed by atoms with E-state index in [0.29, 0.717) is 0 Å². The van der Waals surface area contributed by atoms with Crippen LogP contribution in [-0.2, 0) is 0 Å². The van der Waals surface area contributed by atoms with Gasteiger partial charge in [0.25, 0.3) is 5.91 Å². The number of amides is 1. The normalized spacial score (nSPS) is 11.4. The van der Waals surface area contributed by atoms with Crippen molar-refractivity contribution in [3.8, 4) is 0 Å². The first-order valence-electron chi connectivity index (χ1n) is 4.87. The second kappa shape index (κ2) is 5.16. The predicted molar refractivity (Wildman–Crippen MR) is 54.0 cm³/mol. The van der Waals surface area contributed by atoms with Crippen LogP contribution < -0.4 is 0 Å². The first-order valence-corrected chi connectivity index (χ1v) is 4.87. The van der Waals surface area contributed by atoms with Gasteiger partial charge in [-0.15, -0.1) is 0 Å². The van der Waals surface area contributed by atoms with Crippen molar-refractivity contribution in [1.82, 2.24) is 4.90 Å². The van der Waals surface area contributed by atoms with Gasteiger partial charge < -0.3 is 4.90 Å². The van der Waals surface area contributed by atoms with E-state index < -0.39 is 30.9 Å². The Bertz CT molecular complexity index is 385. The Hall–Kier alpha value is -1.59. The number of alkyl halides is 3. The number of halogens is 4. The van der Waals surface area contributed by atoms with Gasteiger partial charge in [-0.1, -0.05) is 0 Å². The van der Waals surface area contributed by atoms with Crippen molar-refractivity contribution < 1.29 is 22.4 Å². The molecule has 2 nitrogen and oxygen atoms in total. The molecule has 0 spiro atoms. The highest BCUT2D eigenvalue weighted by molar-refractivity contribution is 5.93. The van der Waals surface area contributed by atoms with Crippen LogP contribution in [0.3, 0.4) is 0 Å². The molecule has 6 heteroatoms. The summed E-state index contributed by atoms with van der Waals surface area (Å²) in [6, 6.07) is 4.65. The number of rotatable bonds is 3. The molecule has 0 aliphatic carbocycles. The Labute approximate surface area is 95.8 Å². The maximum atomic E-state index is 12.6. The molecule has 1 aromatic rings. The van der Waals surface area contributed by atoms with Crippen molar-refractivity contribution in [2.45, 2.75) is 12.6 Å². The molecule has 0 aromatic heterocycles. The van der Waals surface area contributed by atoms with Gasteiger partial charge in [0.1, 0.15) is 5.82 Å². The minimum absolute atomic E-state index is 0.163. The summed E-state index contributed by atoms with van der Waals surface area (Å²) in [7, 11) is 1.28. The molecule has 0 aliphatic heterocycles. The second-order valence-electron chi connectivity index (χ2n) is 3.60. The van der Waals surface area contributed by atoms with Crippen molar-refractivity contribution in [3.63, 3.8) is 0 Å². The number of nitrogens with zero attached hydrogens (tertiary/aromatic N) is 1. The quantitative estimate of drug-likeness (QED) is 0.754. The fourth-order valence-electron chi connectivity index (χ4n) is 1.21. The Morgan fingerprint density at radius 1 is 1.24 bits per heavy atom. The average molecular weight is 249 g/mol. The summed E-state index contributed by atoms with van der Waals surface area (Å²) in [5, 5.41) is 0. The topological polar surface area (TPSA) is 20.3 Å². The van der Waals surface area contributed by atoms with Crippen molar-refractivity contribution in [2.24, 2.45) is 0 Å². The van der Waals surface area contributed by atoms with Crippen molar-refractivity contribution >= 4 is 5.91 Å². The van der Waals surface area contributed by atoms with Gasteiger partial charge >= 0.3 is 6.18 Å². The van der Waals surface area contributed by atoms with E-state index in [-0.39, 0.29) is 5.56 Å². The Morgan fingerprint density at radius 3 is 2.24 bits per heavy atom. The number of benzene rings is 1. The molecular formula is C11H11F4NO. The third-order valence-corrected chi connectivity index (χ3v) is 2.17. The molecule has 17 heavy (non-hydrogen) atoms. The van der Waals surface area contributed by atoms with E-state index in [0.717, 1.165) is 17.0 Å². The Kier molecular flexibility index (Phi) is 4.09. The van der Waals surface area contributed by atoms with Gasteiger partial charge in [0.15, 0.2) is 0 Å². The molecule has 94 valence electrons. The number of hydrogen-bond donors (Lipinski definition) is 0. The van der Waals surface area contributed by atoms with Gasteiger partial charge in [0, 0.05) is 19.2 Å². The third-order valence-electron chi connectivity index (χ3n) is 2.17. The van der Waals surface area contributed by atoms with E-state index in [9.17, 15) is 22.4 Å². The lowest BCUT2D eigenvalue weighted by atomic mass is 10.2. The molecule has 0 N–H and O–H groups in total. The van der Waals surface area contributed by atoms with Crippen LogP contribution in [0.25, 0.3) is 0 Å². The van der Waals surface area contributed by atoms with Crippen molar-refractivity contribution in [3.05, 3.63) is 35.6 Å². The molecule has 0 bridgehead atoms. The fourth-order valence-corrected chi connectivity index (χ4v) is 1.21. The maximum Gasteiger partial charge on any atom is 0.390 e. The zero-order chi connectivity index (χ0) is 13.1. The lowest BCUT2D eigenvalue weighted by Crippen LogP contribution is -2.30. The van der Waals surface area contributed by atoms with Gasteiger partial charge in [-0.05, 0) is 24.3 Å². The summed E-state index contributed by atoms with van der Waals surface area (Å²) < 4.78 is 48.4. The van der Waals surface area contributed by atoms with Gasteiger partial charge in [0.2, 0.25) is 0 Å². The van der Waals surface area contributed by atoms with Crippen LogP contribution in [0.4, 0.5) is 17.6 Å². The third kappa shape index (κ3) is 4.42. The molecule has 0 fully saturated rings. The summed E-state index contributed by atoms with van der Waals surface area (Å²) >= 11 is 0. The highest BCUT2D eigenvalue weighted by Crippen LogP contribution is 2.19. The fraction of sp³-hybridized carbons (Fsp3) is 0.364. The smallest absolute Gasteiger partial charge is 0.341 e. The molecule has 0 saturated carbocycles. The maximum absolute atomic E-state index is 12.6. The van der Waals surface area contributed by atoms with Gasteiger partial charge in [-0.2, -0.15) is 13.2 Å². The molecule has 1 rings (SSSR count). The molecule has 0 heterocycles. The van der Waals surface area contributed by atoms with Gasteiger partial charge in [-0.25, -0.2) is 4.39 Å². The standard InChI is InChI=1S/C11H11F4NO/c1-16(7-6-11(13,14)15)10(17)8-2-4-9(12)5-3-8/h2-5H,6-7H2,1H3. The first kappa shape index (κ1) is 13.5. The van der Waals surface area contributed by atoms with Crippen LogP contribution in [0.1, 0.15) is 16.8 Å². The Balaban J connectivity index is 2.61. The lowest BCUT2D eigenvalue weighted by molar-refractivity contribution is -0.136. The molecular weight excluding hydrogens is 238 g/mol. The monoisotopic (exact) mass is 249 g/mol. The summed E-state index contributed by atoms with van der Waals surface area (Å²) in [5.41, 5.74) is 0.163. The highest BCUT2D eigenvalue weighted by atomic mass is 19.4. The van der Waals surface area contributed by atoms with E-state index >= 15 is 0 Å². The summed E-state index contributed by atoms with van der Waals surface area (Å²) in [4.78, 5) is 12.6. The van der Waals surface area contributed by atoms with Gasteiger partial charge in [0.05, 0.1) is 6.42 Å². The van der Waals surface area contributed by atoms with Gasteiger partial charge in [-0.3, -0.25) is 4.79 Å². The van der Waals surface area contributed by atoms with Crippen molar-refractivity contribution in [2.75, 3.05) is 13.6 Å². The molecule has 1 amide bonds. The predicted octanol–water partition coefficient (Wildman–Crippen LogP) is 2.85. The van der Waals surface area contributed by atoms with Crippen LogP contribution in [0, 0.1) is 5.82 Å². The minimum atomic E-state index is -4.29. The average Bonchev–Trinajstić information content (AvgIpc) is 2.25. The molecule has 0 radical (unpaired) electrons.